The van der Waals surface area contributed by atoms with E-state index >= 15 is 0 Å². The molecule has 0 spiro atoms. The van der Waals surface area contributed by atoms with Crippen LogP contribution in [0.5, 0.6) is 0 Å². The molecular formula is C20H12N2O2S2. The Kier molecular flexibility index (Phi) is 4.25. The minimum Gasteiger partial charge on any atom is -0.422 e. The first-order valence-corrected chi connectivity index (χ1v) is 9.56. The van der Waals surface area contributed by atoms with Crippen molar-refractivity contribution in [3.8, 4) is 17.3 Å². The van der Waals surface area contributed by atoms with Crippen LogP contribution in [0.15, 0.2) is 56.4 Å². The molecule has 6 heteroatoms. The van der Waals surface area contributed by atoms with E-state index in [1.807, 2.05) is 42.6 Å². The maximum Gasteiger partial charge on any atom is 0.345 e. The molecule has 0 aliphatic rings. The first-order valence-electron chi connectivity index (χ1n) is 7.81. The summed E-state index contributed by atoms with van der Waals surface area (Å²) in [6.45, 7) is 2.00. The van der Waals surface area contributed by atoms with Crippen molar-refractivity contribution in [1.29, 1.82) is 5.26 Å². The monoisotopic (exact) mass is 376 g/mol. The number of aromatic nitrogens is 1. The molecule has 126 valence electrons. The van der Waals surface area contributed by atoms with Gasteiger partial charge in [-0.25, -0.2) is 9.78 Å². The molecule has 0 aliphatic carbocycles. The van der Waals surface area contributed by atoms with Crippen molar-refractivity contribution < 1.29 is 4.42 Å². The number of hydrogen-bond donors (Lipinski definition) is 0. The zero-order valence-electron chi connectivity index (χ0n) is 13.7. The minimum atomic E-state index is -0.433. The van der Waals surface area contributed by atoms with Gasteiger partial charge in [-0.3, -0.25) is 0 Å². The molecule has 4 nitrogen and oxygen atoms in total. The topological polar surface area (TPSA) is 66.9 Å². The highest BCUT2D eigenvalue weighted by molar-refractivity contribution is 7.12. The van der Waals surface area contributed by atoms with Crippen molar-refractivity contribution in [2.75, 3.05) is 0 Å². The van der Waals surface area contributed by atoms with Crippen molar-refractivity contribution >= 4 is 45.3 Å². The molecule has 26 heavy (non-hydrogen) atoms. The van der Waals surface area contributed by atoms with Gasteiger partial charge in [-0.1, -0.05) is 18.2 Å². The van der Waals surface area contributed by atoms with Gasteiger partial charge in [-0.05, 0) is 42.1 Å². The lowest BCUT2D eigenvalue weighted by atomic mass is 10.1. The predicted molar refractivity (Wildman–Crippen MR) is 106 cm³/mol. The zero-order valence-corrected chi connectivity index (χ0v) is 15.4. The van der Waals surface area contributed by atoms with E-state index in [9.17, 15) is 10.1 Å². The normalized spacial score (nSPS) is 11.6. The van der Waals surface area contributed by atoms with Crippen LogP contribution in [0.25, 0.3) is 33.9 Å². The average Bonchev–Trinajstić information content (AvgIpc) is 3.28. The van der Waals surface area contributed by atoms with Crippen LogP contribution in [0.1, 0.15) is 15.4 Å². The molecule has 3 aromatic heterocycles. The van der Waals surface area contributed by atoms with E-state index in [2.05, 4.69) is 11.1 Å². The average molecular weight is 376 g/mol. The summed E-state index contributed by atoms with van der Waals surface area (Å²) in [6.07, 6.45) is 1.84. The molecule has 4 rings (SSSR count). The van der Waals surface area contributed by atoms with Gasteiger partial charge < -0.3 is 4.42 Å². The molecule has 0 fully saturated rings. The second-order valence-electron chi connectivity index (χ2n) is 5.66. The molecule has 4 aromatic rings. The van der Waals surface area contributed by atoms with E-state index in [-0.39, 0.29) is 0 Å². The van der Waals surface area contributed by atoms with Crippen LogP contribution in [0.4, 0.5) is 0 Å². The first-order chi connectivity index (χ1) is 12.7. The minimum absolute atomic E-state index is 0.399. The van der Waals surface area contributed by atoms with Gasteiger partial charge >= 0.3 is 5.63 Å². The molecule has 3 heterocycles. The summed E-state index contributed by atoms with van der Waals surface area (Å²) in [5, 5.41) is 14.7. The molecule has 0 saturated heterocycles. The Morgan fingerprint density at radius 3 is 2.88 bits per heavy atom. The molecule has 1 aromatic carbocycles. The molecule has 0 amide bonds. The quantitative estimate of drug-likeness (QED) is 0.357. The largest absolute Gasteiger partial charge is 0.422 e. The fourth-order valence-electron chi connectivity index (χ4n) is 2.57. The molecule has 0 N–H and O–H groups in total. The third-order valence-electron chi connectivity index (χ3n) is 3.95. The van der Waals surface area contributed by atoms with Crippen LogP contribution in [0.3, 0.4) is 0 Å². The Balaban J connectivity index is 1.78. The van der Waals surface area contributed by atoms with Crippen LogP contribution < -0.4 is 5.63 Å². The third kappa shape index (κ3) is 2.99. The molecule has 0 aliphatic heterocycles. The second kappa shape index (κ2) is 6.71. The zero-order chi connectivity index (χ0) is 18.1. The first kappa shape index (κ1) is 16.5. The number of hydrogen-bond acceptors (Lipinski definition) is 6. The lowest BCUT2D eigenvalue weighted by molar-refractivity contribution is 0.563. The number of allylic oxidation sites excluding steroid dienone is 1. The number of thiophene rings is 1. The van der Waals surface area contributed by atoms with Crippen LogP contribution in [0.2, 0.25) is 0 Å². The fourth-order valence-corrected chi connectivity index (χ4v) is 4.21. The van der Waals surface area contributed by atoms with Crippen LogP contribution >= 0.6 is 22.7 Å². The SMILES string of the molecule is Cc1ccsc1/C=C(/C#N)c1nc(-c2cc3ccccc3oc2=O)cs1. The molecule has 0 bridgehead atoms. The van der Waals surface area contributed by atoms with Gasteiger partial charge in [0, 0.05) is 15.6 Å². The van der Waals surface area contributed by atoms with E-state index in [0.717, 1.165) is 15.8 Å². The van der Waals surface area contributed by atoms with Gasteiger partial charge in [0.1, 0.15) is 16.7 Å². The van der Waals surface area contributed by atoms with Gasteiger partial charge in [0.25, 0.3) is 0 Å². The van der Waals surface area contributed by atoms with Crippen molar-refractivity contribution in [3.63, 3.8) is 0 Å². The number of rotatable bonds is 3. The van der Waals surface area contributed by atoms with E-state index < -0.39 is 5.63 Å². The van der Waals surface area contributed by atoms with Gasteiger partial charge in [-0.2, -0.15) is 5.26 Å². The van der Waals surface area contributed by atoms with Crippen LogP contribution in [-0.2, 0) is 0 Å². The van der Waals surface area contributed by atoms with Gasteiger partial charge in [0.15, 0.2) is 0 Å². The number of fused-ring (bicyclic) bond motifs is 1. The van der Waals surface area contributed by atoms with Gasteiger partial charge in [0.2, 0.25) is 0 Å². The number of para-hydroxylation sites is 1. The summed E-state index contributed by atoms with van der Waals surface area (Å²) >= 11 is 2.92. The lowest BCUT2D eigenvalue weighted by Crippen LogP contribution is -2.02. The van der Waals surface area contributed by atoms with E-state index in [1.54, 1.807) is 28.8 Å². The Morgan fingerprint density at radius 2 is 2.12 bits per heavy atom. The highest BCUT2D eigenvalue weighted by Crippen LogP contribution is 2.29. The van der Waals surface area contributed by atoms with Crippen LogP contribution in [-0.4, -0.2) is 4.98 Å². The Labute approximate surface area is 157 Å². The smallest absolute Gasteiger partial charge is 0.345 e. The Hall–Kier alpha value is -3.01. The summed E-state index contributed by atoms with van der Waals surface area (Å²) in [5.41, 5.74) is 2.63. The highest BCUT2D eigenvalue weighted by Gasteiger charge is 2.14. The van der Waals surface area contributed by atoms with E-state index in [4.69, 9.17) is 4.42 Å². The lowest BCUT2D eigenvalue weighted by Gasteiger charge is -1.99. The Morgan fingerprint density at radius 1 is 1.27 bits per heavy atom. The highest BCUT2D eigenvalue weighted by atomic mass is 32.1. The molecule has 0 saturated carbocycles. The molecule has 0 unspecified atom stereocenters. The molecule has 0 radical (unpaired) electrons. The summed E-state index contributed by atoms with van der Waals surface area (Å²) in [5.74, 6) is 0. The number of aryl methyl sites for hydroxylation is 1. The van der Waals surface area contributed by atoms with Gasteiger partial charge in [0.05, 0.1) is 16.8 Å². The number of nitrogens with zero attached hydrogens (tertiary/aromatic N) is 2. The molecule has 0 atom stereocenters. The maximum atomic E-state index is 12.3. The third-order valence-corrected chi connectivity index (χ3v) is 5.79. The molecular weight excluding hydrogens is 364 g/mol. The summed E-state index contributed by atoms with van der Waals surface area (Å²) in [4.78, 5) is 17.8. The summed E-state index contributed by atoms with van der Waals surface area (Å²) in [6, 6.07) is 13.3. The van der Waals surface area contributed by atoms with Crippen molar-refractivity contribution in [3.05, 3.63) is 73.0 Å². The fraction of sp³-hybridized carbons (Fsp3) is 0.0500. The van der Waals surface area contributed by atoms with Gasteiger partial charge in [-0.15, -0.1) is 22.7 Å². The van der Waals surface area contributed by atoms with Crippen molar-refractivity contribution in [2.24, 2.45) is 0 Å². The second-order valence-corrected chi connectivity index (χ2v) is 7.47. The summed E-state index contributed by atoms with van der Waals surface area (Å²) < 4.78 is 5.38. The number of thiazole rings is 1. The van der Waals surface area contributed by atoms with Crippen molar-refractivity contribution in [2.45, 2.75) is 6.92 Å². The van der Waals surface area contributed by atoms with Crippen molar-refractivity contribution in [1.82, 2.24) is 4.98 Å². The summed E-state index contributed by atoms with van der Waals surface area (Å²) in [7, 11) is 0. The number of benzene rings is 1. The van der Waals surface area contributed by atoms with E-state index in [0.29, 0.717) is 27.4 Å². The number of nitriles is 1. The Bertz CT molecular complexity index is 1240. The maximum absolute atomic E-state index is 12.3. The van der Waals surface area contributed by atoms with Crippen LogP contribution in [0, 0.1) is 18.3 Å². The standard InChI is InChI=1S/C20H12N2O2S2/c1-12-6-7-25-18(12)9-14(10-21)19-22-16(11-26-19)15-8-13-4-2-3-5-17(13)24-20(15)23/h2-9,11H,1H3/b14-9-. The van der Waals surface area contributed by atoms with E-state index in [1.165, 1.54) is 11.3 Å². The predicted octanol–water partition coefficient (Wildman–Crippen LogP) is 5.35.